The van der Waals surface area contributed by atoms with Gasteiger partial charge in [-0.2, -0.15) is 0 Å². The Bertz CT molecular complexity index is 1280. The predicted octanol–water partition coefficient (Wildman–Crippen LogP) is 3.88. The van der Waals surface area contributed by atoms with Crippen molar-refractivity contribution in [3.63, 3.8) is 0 Å². The highest BCUT2D eigenvalue weighted by Gasteiger charge is 2.76. The second-order valence-corrected chi connectivity index (χ2v) is 14.1. The summed E-state index contributed by atoms with van der Waals surface area (Å²) in [4.78, 5) is 44.1. The van der Waals surface area contributed by atoms with Gasteiger partial charge in [0, 0.05) is 16.5 Å². The molecule has 0 saturated carbocycles. The van der Waals surface area contributed by atoms with Crippen molar-refractivity contribution in [2.24, 2.45) is 17.8 Å². The van der Waals surface area contributed by atoms with Crippen LogP contribution in [0.3, 0.4) is 0 Å². The molecule has 9 heteroatoms. The quantitative estimate of drug-likeness (QED) is 0.416. The number of likely N-dealkylation sites (tertiary alicyclic amines) is 1. The van der Waals surface area contributed by atoms with Gasteiger partial charge in [0.25, 0.3) is 0 Å². The number of benzene rings is 2. The van der Waals surface area contributed by atoms with Crippen molar-refractivity contribution in [2.45, 2.75) is 75.1 Å². The van der Waals surface area contributed by atoms with Gasteiger partial charge in [-0.1, -0.05) is 37.3 Å². The number of thioether (sulfide) groups is 1. The van der Waals surface area contributed by atoms with Gasteiger partial charge in [-0.3, -0.25) is 14.4 Å². The number of ether oxygens (including phenoxy) is 1. The molecule has 3 unspecified atom stereocenters. The molecule has 3 saturated heterocycles. The van der Waals surface area contributed by atoms with Crippen LogP contribution in [0.25, 0.3) is 0 Å². The van der Waals surface area contributed by atoms with E-state index in [-0.39, 0.29) is 35.5 Å². The Hall–Kier alpha value is -3.04. The highest BCUT2D eigenvalue weighted by Crippen LogP contribution is 2.69. The van der Waals surface area contributed by atoms with Gasteiger partial charge >= 0.3 is 0 Å². The van der Waals surface area contributed by atoms with E-state index in [1.54, 1.807) is 28.8 Å². The Labute approximate surface area is 246 Å². The monoisotopic (exact) mass is 579 g/mol. The molecule has 0 aromatic heterocycles. The summed E-state index contributed by atoms with van der Waals surface area (Å²) in [5.74, 6) is -1.14. The summed E-state index contributed by atoms with van der Waals surface area (Å²) in [5.41, 5.74) is 1.09. The molecule has 3 aliphatic heterocycles. The summed E-state index contributed by atoms with van der Waals surface area (Å²) in [6, 6.07) is 15.5. The molecule has 2 aromatic carbocycles. The summed E-state index contributed by atoms with van der Waals surface area (Å²) in [7, 11) is 0. The van der Waals surface area contributed by atoms with Crippen LogP contribution < -0.4 is 15.4 Å². The molecule has 3 amide bonds. The number of anilines is 1. The van der Waals surface area contributed by atoms with E-state index in [1.807, 2.05) is 70.2 Å². The van der Waals surface area contributed by atoms with E-state index >= 15 is 0 Å². The van der Waals surface area contributed by atoms with E-state index in [9.17, 15) is 19.5 Å². The summed E-state index contributed by atoms with van der Waals surface area (Å²) in [5, 5.41) is 16.7. The molecule has 220 valence electrons. The number of carbonyl (C=O) groups excluding carboxylic acids is 3. The normalized spacial score (nSPS) is 29.3. The van der Waals surface area contributed by atoms with Crippen LogP contribution in [0.15, 0.2) is 54.6 Å². The number of fused-ring (bicyclic) bond motifs is 1. The third-order valence-corrected chi connectivity index (χ3v) is 10.7. The zero-order valence-electron chi connectivity index (χ0n) is 24.4. The number of amides is 3. The van der Waals surface area contributed by atoms with Crippen LogP contribution in [0, 0.1) is 17.8 Å². The standard InChI is InChI=1S/C32H41N3O5S/c1-6-40-23-14-12-21(13-15-23)33-28(37)25-24-16-19(2)32(41-24)26(25)30(39)35(27(32)29(38)34-31(3,4)5)22(18-36)17-20-10-8-7-9-11-20/h7-15,19,22,24-27,36H,6,16-18H2,1-5H3,(H,33,37)(H,34,38)/t19?,22-,24-,25+,26+,27?,32?/m1/s1. The van der Waals surface area contributed by atoms with Crippen LogP contribution in [0.1, 0.15) is 46.6 Å². The van der Waals surface area contributed by atoms with Crippen molar-refractivity contribution < 1.29 is 24.2 Å². The fourth-order valence-corrected chi connectivity index (χ4v) is 9.46. The Morgan fingerprint density at radius 2 is 1.80 bits per heavy atom. The van der Waals surface area contributed by atoms with Gasteiger partial charge in [-0.15, -0.1) is 11.8 Å². The molecule has 3 fully saturated rings. The number of hydrogen-bond acceptors (Lipinski definition) is 6. The van der Waals surface area contributed by atoms with Crippen molar-refractivity contribution in [1.82, 2.24) is 10.2 Å². The highest BCUT2D eigenvalue weighted by molar-refractivity contribution is 8.02. The third kappa shape index (κ3) is 5.34. The lowest BCUT2D eigenvalue weighted by Gasteiger charge is -2.41. The molecule has 5 rings (SSSR count). The molecule has 2 aromatic rings. The molecule has 1 spiro atoms. The maximum atomic E-state index is 14.5. The maximum absolute atomic E-state index is 14.5. The number of hydrogen-bond donors (Lipinski definition) is 3. The van der Waals surface area contributed by atoms with Crippen LogP contribution in [-0.4, -0.2) is 68.6 Å². The molecular formula is C32H41N3O5S. The van der Waals surface area contributed by atoms with Crippen molar-refractivity contribution >= 4 is 35.2 Å². The lowest BCUT2D eigenvalue weighted by molar-refractivity contribution is -0.142. The first-order valence-electron chi connectivity index (χ1n) is 14.5. The number of nitrogens with zero attached hydrogens (tertiary/aromatic N) is 1. The van der Waals surface area contributed by atoms with E-state index < -0.39 is 34.2 Å². The Morgan fingerprint density at radius 1 is 1.12 bits per heavy atom. The second kappa shape index (κ2) is 11.3. The first kappa shape index (κ1) is 29.5. The number of aliphatic hydroxyl groups is 1. The lowest BCUT2D eigenvalue weighted by Crippen LogP contribution is -2.61. The molecule has 3 aliphatic rings. The van der Waals surface area contributed by atoms with E-state index in [0.29, 0.717) is 18.7 Å². The van der Waals surface area contributed by atoms with E-state index in [4.69, 9.17) is 4.74 Å². The second-order valence-electron chi connectivity index (χ2n) is 12.5. The zero-order valence-corrected chi connectivity index (χ0v) is 25.2. The van der Waals surface area contributed by atoms with Gasteiger partial charge in [0.2, 0.25) is 17.7 Å². The number of aliphatic hydroxyl groups excluding tert-OH is 1. The minimum absolute atomic E-state index is 0.0396. The molecule has 0 aliphatic carbocycles. The maximum Gasteiger partial charge on any atom is 0.244 e. The molecule has 3 heterocycles. The van der Waals surface area contributed by atoms with Crippen LogP contribution in [-0.2, 0) is 20.8 Å². The molecule has 0 radical (unpaired) electrons. The zero-order chi connectivity index (χ0) is 29.5. The Kier molecular flexibility index (Phi) is 8.14. The summed E-state index contributed by atoms with van der Waals surface area (Å²) >= 11 is 1.63. The highest BCUT2D eigenvalue weighted by atomic mass is 32.2. The first-order chi connectivity index (χ1) is 19.5. The first-order valence-corrected chi connectivity index (χ1v) is 15.4. The van der Waals surface area contributed by atoms with Crippen LogP contribution in [0.2, 0.25) is 0 Å². The molecule has 41 heavy (non-hydrogen) atoms. The predicted molar refractivity (Wildman–Crippen MR) is 161 cm³/mol. The largest absolute Gasteiger partial charge is 0.494 e. The van der Waals surface area contributed by atoms with Crippen molar-refractivity contribution in [1.29, 1.82) is 0 Å². The summed E-state index contributed by atoms with van der Waals surface area (Å²) in [6.45, 7) is 10.0. The summed E-state index contributed by atoms with van der Waals surface area (Å²) in [6.07, 6.45) is 1.15. The molecule has 8 nitrogen and oxygen atoms in total. The van der Waals surface area contributed by atoms with E-state index in [2.05, 4.69) is 17.6 Å². The van der Waals surface area contributed by atoms with Gasteiger partial charge < -0.3 is 25.4 Å². The fourth-order valence-electron chi connectivity index (χ4n) is 7.05. The van der Waals surface area contributed by atoms with Crippen molar-refractivity contribution in [2.75, 3.05) is 18.5 Å². The SMILES string of the molecule is CCOc1ccc(NC(=O)[C@@H]2[C@H]3C(=O)N([C@@H](CO)Cc4ccccc4)C(C(=O)NC(C)(C)C)C34S[C@@H]2CC4C)cc1. The van der Waals surface area contributed by atoms with Crippen LogP contribution in [0.4, 0.5) is 5.69 Å². The van der Waals surface area contributed by atoms with Gasteiger partial charge in [-0.25, -0.2) is 0 Å². The number of nitrogens with one attached hydrogen (secondary N) is 2. The van der Waals surface area contributed by atoms with Crippen molar-refractivity contribution in [3.8, 4) is 5.75 Å². The Morgan fingerprint density at radius 3 is 2.41 bits per heavy atom. The minimum atomic E-state index is -0.798. The fraction of sp³-hybridized carbons (Fsp3) is 0.531. The number of rotatable bonds is 9. The number of carbonyl (C=O) groups is 3. The Balaban J connectivity index is 1.51. The summed E-state index contributed by atoms with van der Waals surface area (Å²) < 4.78 is 4.76. The lowest BCUT2D eigenvalue weighted by atomic mass is 9.65. The minimum Gasteiger partial charge on any atom is -0.494 e. The van der Waals surface area contributed by atoms with Gasteiger partial charge in [0.05, 0.1) is 35.8 Å². The molecule has 7 atom stereocenters. The van der Waals surface area contributed by atoms with Crippen molar-refractivity contribution in [3.05, 3.63) is 60.2 Å². The van der Waals surface area contributed by atoms with Crippen LogP contribution >= 0.6 is 11.8 Å². The average Bonchev–Trinajstić information content (AvgIpc) is 3.52. The van der Waals surface area contributed by atoms with E-state index in [0.717, 1.165) is 17.7 Å². The third-order valence-electron chi connectivity index (χ3n) is 8.58. The van der Waals surface area contributed by atoms with Gasteiger partial charge in [-0.05, 0) is 76.3 Å². The smallest absolute Gasteiger partial charge is 0.244 e. The molecular weight excluding hydrogens is 538 g/mol. The molecule has 3 N–H and O–H groups in total. The topological polar surface area (TPSA) is 108 Å². The van der Waals surface area contributed by atoms with Gasteiger partial charge in [0.1, 0.15) is 11.8 Å². The molecule has 2 bridgehead atoms. The van der Waals surface area contributed by atoms with E-state index in [1.165, 1.54) is 0 Å². The van der Waals surface area contributed by atoms with Gasteiger partial charge in [0.15, 0.2) is 0 Å². The average molecular weight is 580 g/mol. The van der Waals surface area contributed by atoms with Crippen LogP contribution in [0.5, 0.6) is 5.75 Å².